The maximum absolute atomic E-state index is 12.5. The van der Waals surface area contributed by atoms with E-state index in [2.05, 4.69) is 25.9 Å². The summed E-state index contributed by atoms with van der Waals surface area (Å²) in [5.41, 5.74) is 7.81. The first-order valence-electron chi connectivity index (χ1n) is 8.09. The fraction of sp³-hybridized carbons (Fsp3) is 0.643. The van der Waals surface area contributed by atoms with E-state index in [-0.39, 0.29) is 23.2 Å². The van der Waals surface area contributed by atoms with Crippen LogP contribution in [0.15, 0.2) is 16.4 Å². The van der Waals surface area contributed by atoms with E-state index in [0.29, 0.717) is 16.7 Å². The van der Waals surface area contributed by atoms with Gasteiger partial charge in [-0.1, -0.05) is 11.8 Å². The topological polar surface area (TPSA) is 130 Å². The summed E-state index contributed by atoms with van der Waals surface area (Å²) in [6.45, 7) is 3.86. The van der Waals surface area contributed by atoms with Gasteiger partial charge >= 0.3 is 0 Å². The van der Waals surface area contributed by atoms with Gasteiger partial charge in [-0.2, -0.15) is 17.0 Å². The number of amides is 2. The zero-order chi connectivity index (χ0) is 18.7. The predicted molar refractivity (Wildman–Crippen MR) is 104 cm³/mol. The Kier molecular flexibility index (Phi) is 6.48. The first kappa shape index (κ1) is 19.5. The monoisotopic (exact) mass is 415 g/mol. The molecule has 0 aromatic carbocycles. The summed E-state index contributed by atoms with van der Waals surface area (Å²) >= 11 is 4.64. The van der Waals surface area contributed by atoms with Gasteiger partial charge < -0.3 is 11.1 Å². The SMILES string of the molecule is CC1=C(CSc2nn[nH]n2)CSC2C(NC(=O)CSCC(C)N)C(=O)N12. The maximum Gasteiger partial charge on any atom is 0.253 e. The molecule has 0 saturated carbocycles. The number of aromatic amines is 1. The van der Waals surface area contributed by atoms with Crippen LogP contribution in [0.4, 0.5) is 0 Å². The zero-order valence-corrected chi connectivity index (χ0v) is 16.9. The van der Waals surface area contributed by atoms with Crippen molar-refractivity contribution in [2.45, 2.75) is 36.5 Å². The fourth-order valence-electron chi connectivity index (χ4n) is 2.65. The van der Waals surface area contributed by atoms with E-state index >= 15 is 0 Å². The standard InChI is InChI=1S/C14H21N7O2S3/c1-7(15)3-24-6-10(22)16-11-12(23)21-8(2)9(4-25-13(11)21)5-26-14-17-19-20-18-14/h7,11,13H,3-6,15H2,1-2H3,(H,16,22)(H,17,18,19,20). The van der Waals surface area contributed by atoms with Crippen molar-refractivity contribution < 1.29 is 9.59 Å². The maximum atomic E-state index is 12.5. The summed E-state index contributed by atoms with van der Waals surface area (Å²) in [4.78, 5) is 26.3. The number of hydrogen-bond acceptors (Lipinski definition) is 9. The quantitative estimate of drug-likeness (QED) is 0.398. The van der Waals surface area contributed by atoms with Crippen molar-refractivity contribution >= 4 is 47.1 Å². The van der Waals surface area contributed by atoms with Gasteiger partial charge in [0.2, 0.25) is 11.1 Å². The third kappa shape index (κ3) is 4.35. The summed E-state index contributed by atoms with van der Waals surface area (Å²) in [6.07, 6.45) is 0. The van der Waals surface area contributed by atoms with E-state index in [1.54, 1.807) is 16.7 Å². The van der Waals surface area contributed by atoms with Gasteiger partial charge in [0, 0.05) is 29.0 Å². The minimum atomic E-state index is -0.440. The lowest BCUT2D eigenvalue weighted by Crippen LogP contribution is -2.69. The molecule has 2 aliphatic heterocycles. The Morgan fingerprint density at radius 2 is 2.38 bits per heavy atom. The molecule has 3 atom stereocenters. The van der Waals surface area contributed by atoms with Gasteiger partial charge in [0.1, 0.15) is 11.4 Å². The molecule has 0 bridgehead atoms. The first-order chi connectivity index (χ1) is 12.5. The van der Waals surface area contributed by atoms with Gasteiger partial charge in [-0.25, -0.2) is 0 Å². The molecule has 0 radical (unpaired) electrons. The number of thioether (sulfide) groups is 3. The van der Waals surface area contributed by atoms with E-state index in [1.807, 2.05) is 13.8 Å². The van der Waals surface area contributed by atoms with E-state index in [0.717, 1.165) is 17.2 Å². The van der Waals surface area contributed by atoms with Crippen molar-refractivity contribution in [1.82, 2.24) is 30.8 Å². The Labute approximate surface area is 164 Å². The molecule has 1 aromatic heterocycles. The van der Waals surface area contributed by atoms with E-state index in [4.69, 9.17) is 5.73 Å². The summed E-state index contributed by atoms with van der Waals surface area (Å²) < 4.78 is 0. The van der Waals surface area contributed by atoms with Gasteiger partial charge in [0.05, 0.1) is 5.75 Å². The molecule has 0 spiro atoms. The molecule has 1 fully saturated rings. The highest BCUT2D eigenvalue weighted by molar-refractivity contribution is 8.01. The lowest BCUT2D eigenvalue weighted by atomic mass is 10.0. The van der Waals surface area contributed by atoms with Crippen LogP contribution in [0.1, 0.15) is 13.8 Å². The molecular weight excluding hydrogens is 394 g/mol. The summed E-state index contributed by atoms with van der Waals surface area (Å²) in [5.74, 6) is 2.40. The van der Waals surface area contributed by atoms with Crippen molar-refractivity contribution in [3.8, 4) is 0 Å². The van der Waals surface area contributed by atoms with Crippen LogP contribution in [0.2, 0.25) is 0 Å². The van der Waals surface area contributed by atoms with Crippen LogP contribution in [-0.4, -0.2) is 77.8 Å². The smallest absolute Gasteiger partial charge is 0.253 e. The number of fused-ring (bicyclic) bond motifs is 1. The molecule has 26 heavy (non-hydrogen) atoms. The lowest BCUT2D eigenvalue weighted by Gasteiger charge is -2.50. The molecule has 4 N–H and O–H groups in total. The second-order valence-electron chi connectivity index (χ2n) is 6.12. The van der Waals surface area contributed by atoms with Crippen LogP contribution in [-0.2, 0) is 9.59 Å². The third-order valence-electron chi connectivity index (χ3n) is 3.98. The predicted octanol–water partition coefficient (Wildman–Crippen LogP) is 0.0461. The molecule has 3 unspecified atom stereocenters. The number of rotatable bonds is 8. The number of tetrazole rings is 1. The number of nitrogens with two attached hydrogens (primary N) is 1. The molecule has 3 rings (SSSR count). The van der Waals surface area contributed by atoms with Gasteiger partial charge in [0.15, 0.2) is 0 Å². The van der Waals surface area contributed by atoms with Crippen molar-refractivity contribution in [2.75, 3.05) is 23.0 Å². The normalized spacial score (nSPS) is 23.5. The molecule has 2 aliphatic rings. The van der Waals surface area contributed by atoms with Crippen molar-refractivity contribution in [3.63, 3.8) is 0 Å². The summed E-state index contributed by atoms with van der Waals surface area (Å²) in [6, 6.07) is -0.385. The molecule has 1 saturated heterocycles. The number of nitrogens with one attached hydrogen (secondary N) is 2. The number of carbonyl (C=O) groups is 2. The van der Waals surface area contributed by atoms with Gasteiger partial charge in [-0.3, -0.25) is 14.5 Å². The van der Waals surface area contributed by atoms with Crippen LogP contribution in [0.3, 0.4) is 0 Å². The Hall–Kier alpha value is -1.24. The van der Waals surface area contributed by atoms with Crippen LogP contribution >= 0.6 is 35.3 Å². The minimum Gasteiger partial charge on any atom is -0.341 e. The van der Waals surface area contributed by atoms with Crippen LogP contribution in [0.25, 0.3) is 0 Å². The van der Waals surface area contributed by atoms with Crippen LogP contribution < -0.4 is 11.1 Å². The van der Waals surface area contributed by atoms with Gasteiger partial charge in [-0.15, -0.1) is 22.0 Å². The third-order valence-corrected chi connectivity index (χ3v) is 7.47. The van der Waals surface area contributed by atoms with E-state index in [1.165, 1.54) is 29.1 Å². The van der Waals surface area contributed by atoms with E-state index < -0.39 is 6.04 Å². The molecule has 3 heterocycles. The molecule has 12 heteroatoms. The highest BCUT2D eigenvalue weighted by Gasteiger charge is 2.51. The molecule has 0 aliphatic carbocycles. The Morgan fingerprint density at radius 1 is 1.58 bits per heavy atom. The number of H-pyrrole nitrogens is 1. The molecule has 1 aromatic rings. The molecule has 2 amide bonds. The van der Waals surface area contributed by atoms with E-state index in [9.17, 15) is 9.59 Å². The average Bonchev–Trinajstić information content (AvgIpc) is 3.11. The molecular formula is C14H21N7O2S3. The van der Waals surface area contributed by atoms with Gasteiger partial charge in [0.25, 0.3) is 5.91 Å². The van der Waals surface area contributed by atoms with Crippen LogP contribution in [0, 0.1) is 0 Å². The molecule has 9 nitrogen and oxygen atoms in total. The number of carbonyl (C=O) groups excluding carboxylic acids is 2. The largest absolute Gasteiger partial charge is 0.341 e. The second kappa shape index (κ2) is 8.63. The number of nitrogens with zero attached hydrogens (tertiary/aromatic N) is 4. The van der Waals surface area contributed by atoms with Crippen molar-refractivity contribution in [1.29, 1.82) is 0 Å². The highest BCUT2D eigenvalue weighted by atomic mass is 32.2. The van der Waals surface area contributed by atoms with Crippen molar-refractivity contribution in [2.24, 2.45) is 5.73 Å². The minimum absolute atomic E-state index is 0.0243. The van der Waals surface area contributed by atoms with Crippen LogP contribution in [0.5, 0.6) is 0 Å². The number of allylic oxidation sites excluding steroid dienone is 1. The Morgan fingerprint density at radius 3 is 3.08 bits per heavy atom. The Bertz CT molecular complexity index is 695. The number of β-lactam (4-membered cyclic amide) rings is 1. The fourth-order valence-corrected chi connectivity index (χ4v) is 5.83. The molecule has 142 valence electrons. The zero-order valence-electron chi connectivity index (χ0n) is 14.5. The number of aromatic nitrogens is 4. The van der Waals surface area contributed by atoms with Gasteiger partial charge in [-0.05, 0) is 24.6 Å². The summed E-state index contributed by atoms with van der Waals surface area (Å²) in [5, 5.41) is 17.2. The van der Waals surface area contributed by atoms with Crippen molar-refractivity contribution in [3.05, 3.63) is 11.3 Å². The lowest BCUT2D eigenvalue weighted by molar-refractivity contribution is -0.145. The first-order valence-corrected chi connectivity index (χ1v) is 11.3. The highest BCUT2D eigenvalue weighted by Crippen LogP contribution is 2.40. The second-order valence-corrected chi connectivity index (χ2v) is 9.20. The number of hydrogen-bond donors (Lipinski definition) is 3. The Balaban J connectivity index is 1.52. The summed E-state index contributed by atoms with van der Waals surface area (Å²) in [7, 11) is 0. The average molecular weight is 416 g/mol.